The van der Waals surface area contributed by atoms with E-state index in [0.717, 1.165) is 5.56 Å². The van der Waals surface area contributed by atoms with Crippen LogP contribution >= 0.6 is 11.6 Å². The Hall–Kier alpha value is -2.59. The third-order valence-electron chi connectivity index (χ3n) is 3.56. The molecule has 0 unspecified atom stereocenters. The summed E-state index contributed by atoms with van der Waals surface area (Å²) >= 11 is 5.92. The fourth-order valence-corrected chi connectivity index (χ4v) is 2.51. The van der Waals surface area contributed by atoms with Gasteiger partial charge in [0.1, 0.15) is 5.75 Å². The Kier molecular flexibility index (Phi) is 4.17. The molecule has 5 heteroatoms. The first kappa shape index (κ1) is 15.3. The van der Waals surface area contributed by atoms with Crippen molar-refractivity contribution in [2.24, 2.45) is 0 Å². The first-order valence-corrected chi connectivity index (χ1v) is 7.33. The second kappa shape index (κ2) is 6.26. The summed E-state index contributed by atoms with van der Waals surface area (Å²) < 4.78 is 10.1. The molecule has 0 aliphatic rings. The monoisotopic (exact) mass is 327 g/mol. The van der Waals surface area contributed by atoms with Gasteiger partial charge >= 0.3 is 5.97 Å². The normalized spacial score (nSPS) is 10.6. The molecule has 0 amide bonds. The van der Waals surface area contributed by atoms with Gasteiger partial charge in [0.05, 0.1) is 31.0 Å². The third-order valence-corrected chi connectivity index (χ3v) is 3.81. The quantitative estimate of drug-likeness (QED) is 0.671. The van der Waals surface area contributed by atoms with Crippen molar-refractivity contribution in [3.05, 3.63) is 59.1 Å². The van der Waals surface area contributed by atoms with E-state index >= 15 is 0 Å². The number of hydrogen-bond donors (Lipinski definition) is 0. The smallest absolute Gasteiger partial charge is 0.338 e. The number of benzene rings is 2. The van der Waals surface area contributed by atoms with Gasteiger partial charge < -0.3 is 9.47 Å². The Morgan fingerprint density at radius 3 is 2.43 bits per heavy atom. The van der Waals surface area contributed by atoms with Gasteiger partial charge in [-0.3, -0.25) is 0 Å². The molecule has 1 heterocycles. The minimum absolute atomic E-state index is 0.416. The average molecular weight is 328 g/mol. The van der Waals surface area contributed by atoms with Crippen LogP contribution in [0.15, 0.2) is 48.5 Å². The summed E-state index contributed by atoms with van der Waals surface area (Å²) in [4.78, 5) is 16.8. The van der Waals surface area contributed by atoms with E-state index in [1.165, 1.54) is 7.11 Å². The standard InChI is InChI=1S/C18H14ClNO3/c1-22-13-7-8-16-14(9-13)15(18(21)23-2)10-17(20-16)11-3-5-12(19)6-4-11/h3-10H,1-2H3. The summed E-state index contributed by atoms with van der Waals surface area (Å²) in [6.07, 6.45) is 0. The number of esters is 1. The van der Waals surface area contributed by atoms with E-state index in [1.54, 1.807) is 31.4 Å². The summed E-state index contributed by atoms with van der Waals surface area (Å²) in [5, 5.41) is 1.33. The summed E-state index contributed by atoms with van der Waals surface area (Å²) in [7, 11) is 2.94. The fraction of sp³-hybridized carbons (Fsp3) is 0.111. The number of aromatic nitrogens is 1. The SMILES string of the molecule is COC(=O)c1cc(-c2ccc(Cl)cc2)nc2ccc(OC)cc12. The Labute approximate surface area is 138 Å². The maximum atomic E-state index is 12.2. The van der Waals surface area contributed by atoms with Gasteiger partial charge in [0.2, 0.25) is 0 Å². The number of hydrogen-bond acceptors (Lipinski definition) is 4. The van der Waals surface area contributed by atoms with Crippen molar-refractivity contribution >= 4 is 28.5 Å². The summed E-state index contributed by atoms with van der Waals surface area (Å²) in [6.45, 7) is 0. The number of rotatable bonds is 3. The summed E-state index contributed by atoms with van der Waals surface area (Å²) in [6, 6.07) is 14.4. The number of carbonyl (C=O) groups is 1. The van der Waals surface area contributed by atoms with Gasteiger partial charge in [-0.05, 0) is 36.4 Å². The summed E-state index contributed by atoms with van der Waals surface area (Å²) in [5.74, 6) is 0.240. The van der Waals surface area contributed by atoms with Gasteiger partial charge in [-0.25, -0.2) is 9.78 Å². The Morgan fingerprint density at radius 1 is 1.04 bits per heavy atom. The van der Waals surface area contributed by atoms with Crippen molar-refractivity contribution in [2.45, 2.75) is 0 Å². The molecule has 1 aromatic heterocycles. The fourth-order valence-electron chi connectivity index (χ4n) is 2.38. The maximum Gasteiger partial charge on any atom is 0.338 e. The number of carbonyl (C=O) groups excluding carboxylic acids is 1. The molecule has 0 saturated carbocycles. The number of ether oxygens (including phenoxy) is 2. The van der Waals surface area contributed by atoms with Crippen LogP contribution in [-0.2, 0) is 4.74 Å². The molecular formula is C18H14ClNO3. The zero-order valence-electron chi connectivity index (χ0n) is 12.7. The largest absolute Gasteiger partial charge is 0.497 e. The Bertz CT molecular complexity index is 875. The molecule has 0 fully saturated rings. The zero-order chi connectivity index (χ0) is 16.4. The average Bonchev–Trinajstić information content (AvgIpc) is 2.60. The molecule has 4 nitrogen and oxygen atoms in total. The highest BCUT2D eigenvalue weighted by Crippen LogP contribution is 2.28. The molecule has 0 bridgehead atoms. The van der Waals surface area contributed by atoms with Crippen molar-refractivity contribution in [3.63, 3.8) is 0 Å². The second-order valence-electron chi connectivity index (χ2n) is 4.94. The van der Waals surface area contributed by atoms with Gasteiger partial charge in [-0.1, -0.05) is 23.7 Å². The van der Waals surface area contributed by atoms with Crippen LogP contribution in [0.2, 0.25) is 5.02 Å². The van der Waals surface area contributed by atoms with Gasteiger partial charge in [0.15, 0.2) is 0 Å². The zero-order valence-corrected chi connectivity index (χ0v) is 13.4. The van der Waals surface area contributed by atoms with Crippen LogP contribution in [0, 0.1) is 0 Å². The first-order chi connectivity index (χ1) is 11.1. The van der Waals surface area contributed by atoms with Crippen LogP contribution in [0.1, 0.15) is 10.4 Å². The minimum atomic E-state index is -0.416. The highest BCUT2D eigenvalue weighted by atomic mass is 35.5. The summed E-state index contributed by atoms with van der Waals surface area (Å²) in [5.41, 5.74) is 2.69. The lowest BCUT2D eigenvalue weighted by Gasteiger charge is -2.10. The van der Waals surface area contributed by atoms with Crippen LogP contribution in [0.5, 0.6) is 5.75 Å². The highest BCUT2D eigenvalue weighted by molar-refractivity contribution is 6.30. The number of halogens is 1. The molecule has 0 saturated heterocycles. The Balaban J connectivity index is 2.25. The molecule has 3 aromatic rings. The van der Waals surface area contributed by atoms with Gasteiger partial charge in [-0.2, -0.15) is 0 Å². The molecule has 3 rings (SSSR count). The predicted octanol–water partition coefficient (Wildman–Crippen LogP) is 4.35. The molecule has 2 aromatic carbocycles. The van der Waals surface area contributed by atoms with Crippen LogP contribution in [-0.4, -0.2) is 25.2 Å². The van der Waals surface area contributed by atoms with Crippen molar-refractivity contribution in [3.8, 4) is 17.0 Å². The number of methoxy groups -OCH3 is 2. The molecule has 0 aliphatic carbocycles. The van der Waals surface area contributed by atoms with Crippen molar-refractivity contribution in [1.29, 1.82) is 0 Å². The van der Waals surface area contributed by atoms with E-state index in [4.69, 9.17) is 21.1 Å². The molecule has 116 valence electrons. The molecule has 23 heavy (non-hydrogen) atoms. The van der Waals surface area contributed by atoms with Crippen molar-refractivity contribution in [1.82, 2.24) is 4.98 Å². The number of pyridine rings is 1. The predicted molar refractivity (Wildman–Crippen MR) is 90.1 cm³/mol. The van der Waals surface area contributed by atoms with Gasteiger partial charge in [0.25, 0.3) is 0 Å². The molecule has 0 N–H and O–H groups in total. The highest BCUT2D eigenvalue weighted by Gasteiger charge is 2.15. The van der Waals surface area contributed by atoms with E-state index in [1.807, 2.05) is 24.3 Å². The lowest BCUT2D eigenvalue weighted by Crippen LogP contribution is -2.04. The first-order valence-electron chi connectivity index (χ1n) is 6.95. The van der Waals surface area contributed by atoms with E-state index in [0.29, 0.717) is 32.9 Å². The topological polar surface area (TPSA) is 48.4 Å². The number of fused-ring (bicyclic) bond motifs is 1. The molecule has 0 spiro atoms. The second-order valence-corrected chi connectivity index (χ2v) is 5.37. The third kappa shape index (κ3) is 2.98. The number of nitrogens with zero attached hydrogens (tertiary/aromatic N) is 1. The van der Waals surface area contributed by atoms with Crippen molar-refractivity contribution < 1.29 is 14.3 Å². The van der Waals surface area contributed by atoms with Crippen LogP contribution in [0.3, 0.4) is 0 Å². The van der Waals surface area contributed by atoms with Crippen LogP contribution in [0.4, 0.5) is 0 Å². The van der Waals surface area contributed by atoms with E-state index in [-0.39, 0.29) is 0 Å². The van der Waals surface area contributed by atoms with Crippen LogP contribution < -0.4 is 4.74 Å². The maximum absolute atomic E-state index is 12.2. The molecule has 0 atom stereocenters. The molecular weight excluding hydrogens is 314 g/mol. The van der Waals surface area contributed by atoms with E-state index in [9.17, 15) is 4.79 Å². The Morgan fingerprint density at radius 2 is 1.78 bits per heavy atom. The minimum Gasteiger partial charge on any atom is -0.497 e. The van der Waals surface area contributed by atoms with E-state index < -0.39 is 5.97 Å². The van der Waals surface area contributed by atoms with Gasteiger partial charge in [-0.15, -0.1) is 0 Å². The van der Waals surface area contributed by atoms with E-state index in [2.05, 4.69) is 4.98 Å². The lowest BCUT2D eigenvalue weighted by atomic mass is 10.0. The van der Waals surface area contributed by atoms with Gasteiger partial charge in [0, 0.05) is 16.0 Å². The van der Waals surface area contributed by atoms with Crippen molar-refractivity contribution in [2.75, 3.05) is 14.2 Å². The van der Waals surface area contributed by atoms with Crippen LogP contribution in [0.25, 0.3) is 22.2 Å². The lowest BCUT2D eigenvalue weighted by molar-refractivity contribution is 0.0603. The molecule has 0 aliphatic heterocycles. The molecule has 0 radical (unpaired) electrons.